The summed E-state index contributed by atoms with van der Waals surface area (Å²) in [6.45, 7) is 1.76. The number of fused-ring (bicyclic) bond motifs is 1. The minimum Gasteiger partial charge on any atom is -0.508 e. The van der Waals surface area contributed by atoms with Crippen LogP contribution in [0.1, 0.15) is 5.56 Å². The molecular formula is C35H27N7NaO8S2. The van der Waals surface area contributed by atoms with Gasteiger partial charge in [-0.15, -0.1) is 10.2 Å². The van der Waals surface area contributed by atoms with Crippen LogP contribution in [0.3, 0.4) is 0 Å². The fourth-order valence-electron chi connectivity index (χ4n) is 5.07. The average Bonchev–Trinajstić information content (AvgIpc) is 3.11. The number of azo groups is 3. The van der Waals surface area contributed by atoms with Crippen molar-refractivity contribution in [3.8, 4) is 22.6 Å². The van der Waals surface area contributed by atoms with Gasteiger partial charge in [-0.2, -0.15) is 37.3 Å². The van der Waals surface area contributed by atoms with Crippen LogP contribution in [0, 0.1) is 6.92 Å². The van der Waals surface area contributed by atoms with E-state index in [1.54, 1.807) is 91.9 Å². The van der Waals surface area contributed by atoms with Gasteiger partial charge in [0.1, 0.15) is 26.9 Å². The molecule has 0 unspecified atom stereocenters. The number of phenolic OH excluding ortho intramolecular Hbond substituents is 2. The van der Waals surface area contributed by atoms with Crippen LogP contribution in [0.15, 0.2) is 150 Å². The van der Waals surface area contributed by atoms with Crippen molar-refractivity contribution >= 4 is 100 Å². The first-order valence-corrected chi connectivity index (χ1v) is 17.9. The number of rotatable bonds is 9. The molecule has 0 heterocycles. The van der Waals surface area contributed by atoms with Gasteiger partial charge in [0.05, 0.1) is 33.8 Å². The van der Waals surface area contributed by atoms with Crippen molar-refractivity contribution in [3.05, 3.63) is 115 Å². The van der Waals surface area contributed by atoms with Gasteiger partial charge in [-0.25, -0.2) is 0 Å². The third-order valence-electron chi connectivity index (χ3n) is 7.69. The van der Waals surface area contributed by atoms with Crippen LogP contribution in [0.4, 0.5) is 39.8 Å². The predicted octanol–water partition coefficient (Wildman–Crippen LogP) is 9.17. The molecular weight excluding hydrogens is 734 g/mol. The van der Waals surface area contributed by atoms with E-state index >= 15 is 0 Å². The van der Waals surface area contributed by atoms with Gasteiger partial charge in [0.2, 0.25) is 0 Å². The molecule has 6 N–H and O–H groups in total. The molecule has 1 radical (unpaired) electrons. The first kappa shape index (κ1) is 38.8. The van der Waals surface area contributed by atoms with E-state index in [-0.39, 0.29) is 51.8 Å². The van der Waals surface area contributed by atoms with Crippen molar-refractivity contribution in [2.45, 2.75) is 16.7 Å². The van der Waals surface area contributed by atoms with E-state index in [0.29, 0.717) is 22.6 Å². The molecule has 0 saturated carbocycles. The molecule has 0 saturated heterocycles. The molecule has 0 aliphatic rings. The number of nitrogens with zero attached hydrogens (tertiary/aromatic N) is 6. The van der Waals surface area contributed by atoms with Gasteiger partial charge in [-0.05, 0) is 95.7 Å². The first-order valence-electron chi connectivity index (χ1n) is 15.1. The second kappa shape index (κ2) is 15.7. The van der Waals surface area contributed by atoms with Crippen LogP contribution < -0.4 is 5.73 Å². The second-order valence-electron chi connectivity index (χ2n) is 11.3. The number of anilines is 1. The van der Waals surface area contributed by atoms with E-state index in [9.17, 15) is 36.2 Å². The van der Waals surface area contributed by atoms with Crippen molar-refractivity contribution in [2.75, 3.05) is 5.73 Å². The Balaban J connectivity index is 0.00000541. The van der Waals surface area contributed by atoms with Crippen LogP contribution in [0.25, 0.3) is 21.9 Å². The van der Waals surface area contributed by atoms with E-state index < -0.39 is 52.8 Å². The Hall–Kier alpha value is -5.40. The first-order chi connectivity index (χ1) is 24.7. The van der Waals surface area contributed by atoms with Gasteiger partial charge in [0.15, 0.2) is 5.75 Å². The minimum absolute atomic E-state index is 0. The number of hydrogen-bond donors (Lipinski definition) is 5. The smallest absolute Gasteiger partial charge is 0.296 e. The summed E-state index contributed by atoms with van der Waals surface area (Å²) >= 11 is 0. The Morgan fingerprint density at radius 3 is 1.49 bits per heavy atom. The quantitative estimate of drug-likeness (QED) is 0.0407. The zero-order chi connectivity index (χ0) is 37.2. The maximum atomic E-state index is 12.4. The normalized spacial score (nSPS) is 12.2. The SMILES string of the molecule is Cc1cc(N=Nc2ccc(-c3ccc(N=Nc4c(S(=O)(=O)O)cc5cc(S(=O)(=O)O)c(N=Nc6ccccc6)c(O)c5c4N)cc3)cc2)ccc1O.[Na]. The van der Waals surface area contributed by atoms with Crippen molar-refractivity contribution in [1.82, 2.24) is 0 Å². The van der Waals surface area contributed by atoms with E-state index in [1.165, 1.54) is 0 Å². The summed E-state index contributed by atoms with van der Waals surface area (Å²) in [5.41, 5.74) is 8.67. The minimum atomic E-state index is -5.04. The molecule has 0 fully saturated rings. The number of benzene rings is 6. The molecule has 15 nitrogen and oxygen atoms in total. The Bertz CT molecular complexity index is 2660. The van der Waals surface area contributed by atoms with Gasteiger partial charge < -0.3 is 15.9 Å². The fraction of sp³-hybridized carbons (Fsp3) is 0.0286. The Kier molecular flexibility index (Phi) is 11.5. The van der Waals surface area contributed by atoms with Crippen LogP contribution in [-0.4, -0.2) is 65.7 Å². The van der Waals surface area contributed by atoms with E-state index in [2.05, 4.69) is 30.7 Å². The largest absolute Gasteiger partial charge is 0.508 e. The van der Waals surface area contributed by atoms with Crippen LogP contribution in [0.5, 0.6) is 11.5 Å². The summed E-state index contributed by atoms with van der Waals surface area (Å²) in [4.78, 5) is -1.73. The van der Waals surface area contributed by atoms with Crippen molar-refractivity contribution in [3.63, 3.8) is 0 Å². The van der Waals surface area contributed by atoms with E-state index in [4.69, 9.17) is 5.73 Å². The molecule has 0 aliphatic heterocycles. The zero-order valence-electron chi connectivity index (χ0n) is 27.9. The number of phenols is 2. The average molecular weight is 761 g/mol. The summed E-state index contributed by atoms with van der Waals surface area (Å²) in [5.74, 6) is -0.679. The molecule has 0 aliphatic carbocycles. The molecule has 0 atom stereocenters. The van der Waals surface area contributed by atoms with Gasteiger partial charge in [0.25, 0.3) is 20.2 Å². The van der Waals surface area contributed by atoms with Crippen molar-refractivity contribution < 1.29 is 36.2 Å². The van der Waals surface area contributed by atoms with E-state index in [1.807, 2.05) is 12.1 Å². The molecule has 0 aromatic heterocycles. The molecule has 53 heavy (non-hydrogen) atoms. The number of aryl methyl sites for hydroxylation is 1. The molecule has 0 spiro atoms. The zero-order valence-corrected chi connectivity index (χ0v) is 31.5. The molecule has 6 aromatic rings. The number of nitrogen functional groups attached to an aromatic ring is 1. The second-order valence-corrected chi connectivity index (χ2v) is 14.0. The Morgan fingerprint density at radius 2 is 0.981 bits per heavy atom. The standard InChI is InChI=1S/C35H27N7O8S2.Na/c1-20-17-27(15-16-28(20)43)40-37-25-11-7-21(8-12-25)22-9-13-26(14-10-22)39-41-33-29(51(45,46)47)18-23-19-30(52(48,49)50)34(35(44)31(23)32(33)36)42-38-24-5-3-2-4-6-24;/h2-19,43-44H,36H2,1H3,(H,45,46,47)(H,48,49,50);. The van der Waals surface area contributed by atoms with Gasteiger partial charge in [-0.3, -0.25) is 9.11 Å². The number of hydrogen-bond acceptors (Lipinski definition) is 13. The maximum absolute atomic E-state index is 12.4. The van der Waals surface area contributed by atoms with Gasteiger partial charge in [0, 0.05) is 29.6 Å². The molecule has 18 heteroatoms. The van der Waals surface area contributed by atoms with Crippen LogP contribution >= 0.6 is 0 Å². The Morgan fingerprint density at radius 1 is 0.547 bits per heavy atom. The molecule has 263 valence electrons. The van der Waals surface area contributed by atoms with Crippen molar-refractivity contribution in [2.24, 2.45) is 30.7 Å². The molecule has 0 amide bonds. The number of nitrogens with two attached hydrogens (primary N) is 1. The Labute approximate surface area is 325 Å². The van der Waals surface area contributed by atoms with Crippen LogP contribution in [0.2, 0.25) is 0 Å². The molecule has 6 rings (SSSR count). The van der Waals surface area contributed by atoms with Gasteiger partial charge in [-0.1, -0.05) is 42.5 Å². The van der Waals surface area contributed by atoms with Crippen molar-refractivity contribution in [1.29, 1.82) is 0 Å². The van der Waals surface area contributed by atoms with Gasteiger partial charge >= 0.3 is 0 Å². The molecule has 6 aromatic carbocycles. The van der Waals surface area contributed by atoms with Crippen LogP contribution in [-0.2, 0) is 20.2 Å². The monoisotopic (exact) mass is 760 g/mol. The maximum Gasteiger partial charge on any atom is 0.296 e. The summed E-state index contributed by atoms with van der Waals surface area (Å²) in [7, 11) is -10.1. The van der Waals surface area contributed by atoms with E-state index in [0.717, 1.165) is 23.3 Å². The fourth-order valence-corrected chi connectivity index (χ4v) is 6.40. The topological polar surface area (TPSA) is 249 Å². The third-order valence-corrected chi connectivity index (χ3v) is 9.42. The number of aromatic hydroxyl groups is 2. The summed E-state index contributed by atoms with van der Waals surface area (Å²) in [6, 6.07) is 28.6. The summed E-state index contributed by atoms with van der Waals surface area (Å²) in [6.07, 6.45) is 0. The molecule has 0 bridgehead atoms. The predicted molar refractivity (Wildman–Crippen MR) is 199 cm³/mol. The summed E-state index contributed by atoms with van der Waals surface area (Å²) < 4.78 is 69.4. The summed E-state index contributed by atoms with van der Waals surface area (Å²) in [5, 5.41) is 44.6. The third kappa shape index (κ3) is 8.81.